The maximum absolute atomic E-state index is 13.7. The molecular formula is C23H27F2N3O4. The van der Waals surface area contributed by atoms with Crippen LogP contribution in [-0.4, -0.2) is 32.7 Å². The minimum Gasteiger partial charge on any atom is -0.324 e. The fourth-order valence-electron chi connectivity index (χ4n) is 6.42. The molecule has 9 heteroatoms. The van der Waals surface area contributed by atoms with Crippen molar-refractivity contribution in [3.8, 4) is 11.3 Å². The predicted molar refractivity (Wildman–Crippen MR) is 107 cm³/mol. The lowest BCUT2D eigenvalue weighted by Gasteiger charge is -2.60. The molecule has 1 aromatic carbocycles. The molecule has 0 radical (unpaired) electrons. The van der Waals surface area contributed by atoms with Gasteiger partial charge in [0.2, 0.25) is 5.79 Å². The van der Waals surface area contributed by atoms with Gasteiger partial charge < -0.3 is 9.47 Å². The van der Waals surface area contributed by atoms with Crippen molar-refractivity contribution in [2.75, 3.05) is 0 Å². The van der Waals surface area contributed by atoms with E-state index in [1.807, 2.05) is 6.92 Å². The van der Waals surface area contributed by atoms with E-state index in [4.69, 9.17) is 19.2 Å². The molecule has 172 valence electrons. The van der Waals surface area contributed by atoms with Crippen LogP contribution in [0, 0.1) is 35.3 Å². The molecule has 5 fully saturated rings. The van der Waals surface area contributed by atoms with Crippen molar-refractivity contribution >= 4 is 0 Å². The Balaban J connectivity index is 1.37. The number of nitrogens with zero attached hydrogens (tertiary/aromatic N) is 3. The van der Waals surface area contributed by atoms with E-state index in [0.29, 0.717) is 17.2 Å². The summed E-state index contributed by atoms with van der Waals surface area (Å²) in [7, 11) is 0. The summed E-state index contributed by atoms with van der Waals surface area (Å²) in [5.74, 6) is -1.22. The Morgan fingerprint density at radius 3 is 2.59 bits per heavy atom. The highest BCUT2D eigenvalue weighted by Crippen LogP contribution is 2.61. The maximum Gasteiger partial charge on any atom is 0.201 e. The average Bonchev–Trinajstić information content (AvgIpc) is 3.12. The van der Waals surface area contributed by atoms with Gasteiger partial charge in [-0.2, -0.15) is 0 Å². The summed E-state index contributed by atoms with van der Waals surface area (Å²) < 4.78 is 41.9. The monoisotopic (exact) mass is 447 g/mol. The van der Waals surface area contributed by atoms with E-state index in [9.17, 15) is 8.78 Å². The molecule has 2 bridgehead atoms. The normalized spacial score (nSPS) is 43.0. The molecule has 2 aromatic rings. The molecule has 1 aromatic heterocycles. The van der Waals surface area contributed by atoms with Crippen LogP contribution in [0.1, 0.15) is 52.7 Å². The lowest BCUT2D eigenvalue weighted by atomic mass is 9.58. The fourth-order valence-corrected chi connectivity index (χ4v) is 6.42. The zero-order valence-corrected chi connectivity index (χ0v) is 18.3. The van der Waals surface area contributed by atoms with Crippen LogP contribution in [0.25, 0.3) is 11.3 Å². The molecule has 5 heterocycles. The summed E-state index contributed by atoms with van der Waals surface area (Å²) >= 11 is 0. The van der Waals surface area contributed by atoms with Gasteiger partial charge >= 0.3 is 0 Å². The number of halogens is 2. The number of hydrogen-bond donors (Lipinski definition) is 0. The molecule has 7 nitrogen and oxygen atoms in total. The highest BCUT2D eigenvalue weighted by Gasteiger charge is 2.69. The number of hydrogen-bond acceptors (Lipinski definition) is 6. The van der Waals surface area contributed by atoms with Crippen molar-refractivity contribution in [1.29, 1.82) is 0 Å². The third-order valence-electron chi connectivity index (χ3n) is 8.05. The molecule has 7 rings (SSSR count). The minimum atomic E-state index is -0.852. The Bertz CT molecular complexity index is 1030. The van der Waals surface area contributed by atoms with Crippen molar-refractivity contribution in [2.45, 2.75) is 70.4 Å². The molecular weight excluding hydrogens is 420 g/mol. The molecule has 0 unspecified atom stereocenters. The molecule has 8 atom stereocenters. The van der Waals surface area contributed by atoms with Crippen LogP contribution in [0.5, 0.6) is 0 Å². The fraction of sp³-hybridized carbons (Fsp3) is 0.652. The summed E-state index contributed by atoms with van der Waals surface area (Å²) in [4.78, 5) is 12.0. The molecule has 5 aliphatic rings. The average molecular weight is 447 g/mol. The molecule has 32 heavy (non-hydrogen) atoms. The number of fused-ring (bicyclic) bond motifs is 2. The zero-order chi connectivity index (χ0) is 22.3. The van der Waals surface area contributed by atoms with Crippen LogP contribution in [0.2, 0.25) is 0 Å². The van der Waals surface area contributed by atoms with Gasteiger partial charge in [0, 0.05) is 29.9 Å². The summed E-state index contributed by atoms with van der Waals surface area (Å²) in [6, 6.07) is 3.31. The second-order valence-corrected chi connectivity index (χ2v) is 10.0. The molecule has 0 amide bonds. The van der Waals surface area contributed by atoms with Crippen molar-refractivity contribution in [2.24, 2.45) is 23.7 Å². The van der Waals surface area contributed by atoms with Crippen molar-refractivity contribution < 1.29 is 28.0 Å². The Morgan fingerprint density at radius 2 is 1.81 bits per heavy atom. The van der Waals surface area contributed by atoms with Crippen molar-refractivity contribution in [3.05, 3.63) is 36.0 Å². The molecule has 0 N–H and O–H groups in total. The van der Waals surface area contributed by atoms with E-state index in [0.717, 1.165) is 31.7 Å². The molecule has 4 saturated heterocycles. The van der Waals surface area contributed by atoms with E-state index in [2.05, 4.69) is 24.2 Å². The van der Waals surface area contributed by atoms with Crippen molar-refractivity contribution in [3.63, 3.8) is 0 Å². The number of aromatic nitrogens is 3. The van der Waals surface area contributed by atoms with Gasteiger partial charge in [0.15, 0.2) is 18.1 Å². The predicted octanol–water partition coefficient (Wildman–Crippen LogP) is 4.60. The molecule has 1 saturated carbocycles. The van der Waals surface area contributed by atoms with Crippen LogP contribution < -0.4 is 0 Å². The lowest BCUT2D eigenvalue weighted by Crippen LogP contribution is -2.69. The Kier molecular flexibility index (Phi) is 4.54. The highest BCUT2D eigenvalue weighted by molar-refractivity contribution is 5.57. The smallest absolute Gasteiger partial charge is 0.201 e. The van der Waals surface area contributed by atoms with Gasteiger partial charge in [0.05, 0.1) is 6.20 Å². The topological polar surface area (TPSA) is 67.6 Å². The Labute approximate surface area is 184 Å². The van der Waals surface area contributed by atoms with Gasteiger partial charge in [-0.05, 0) is 50.2 Å². The number of rotatable bonds is 2. The third kappa shape index (κ3) is 2.91. The lowest BCUT2D eigenvalue weighted by molar-refractivity contribution is -0.574. The first-order valence-corrected chi connectivity index (χ1v) is 11.4. The van der Waals surface area contributed by atoms with Crippen LogP contribution in [0.15, 0.2) is 24.4 Å². The van der Waals surface area contributed by atoms with Crippen molar-refractivity contribution in [1.82, 2.24) is 15.0 Å². The van der Waals surface area contributed by atoms with Gasteiger partial charge in [-0.1, -0.05) is 19.1 Å². The van der Waals surface area contributed by atoms with E-state index >= 15 is 0 Å². The summed E-state index contributed by atoms with van der Waals surface area (Å²) in [5.41, 5.74) is 0.0531. The summed E-state index contributed by atoms with van der Waals surface area (Å²) in [5, 5.41) is 8.41. The van der Waals surface area contributed by atoms with E-state index in [1.165, 1.54) is 12.1 Å². The quantitative estimate of drug-likeness (QED) is 0.627. The first kappa shape index (κ1) is 20.7. The largest absolute Gasteiger partial charge is 0.324 e. The first-order valence-electron chi connectivity index (χ1n) is 11.4. The van der Waals surface area contributed by atoms with Gasteiger partial charge in [-0.3, -0.25) is 0 Å². The summed E-state index contributed by atoms with van der Waals surface area (Å²) in [6.07, 6.45) is 4.40. The van der Waals surface area contributed by atoms with E-state index in [1.54, 1.807) is 10.9 Å². The number of ether oxygens (including phenoxy) is 2. The second kappa shape index (κ2) is 7.03. The Hall–Kier alpha value is -1.94. The van der Waals surface area contributed by atoms with Gasteiger partial charge in [-0.25, -0.2) is 23.2 Å². The maximum atomic E-state index is 13.7. The van der Waals surface area contributed by atoms with Gasteiger partial charge in [-0.15, -0.1) is 5.10 Å². The van der Waals surface area contributed by atoms with E-state index in [-0.39, 0.29) is 17.8 Å². The SMILES string of the molecule is C[C@H]1[C@H](n2cc(-c3cc(F)cc(F)c3)nn2)O[C@@H]2O[C@@]3(C)CC[C@H]4[C@H](C)CC[C@@H]1[C@@]24OO3. The zero-order valence-electron chi connectivity index (χ0n) is 18.3. The third-order valence-corrected chi connectivity index (χ3v) is 8.05. The molecule has 1 spiro atoms. The first-order chi connectivity index (χ1) is 15.3. The molecule has 4 aliphatic heterocycles. The Morgan fingerprint density at radius 1 is 1.03 bits per heavy atom. The van der Waals surface area contributed by atoms with Gasteiger partial charge in [0.1, 0.15) is 17.3 Å². The van der Waals surface area contributed by atoms with Crippen LogP contribution in [0.4, 0.5) is 8.78 Å². The second-order valence-electron chi connectivity index (χ2n) is 10.0. The van der Waals surface area contributed by atoms with E-state index < -0.39 is 35.5 Å². The standard InChI is InChI=1S/C23H27F2N3O4/c1-12-4-5-18-13(2)20(28-11-19(26-27-28)14-8-15(24)10-16(25)9-14)29-21-23(18)17(12)6-7-22(3,30-21)31-32-23/h8-13,17-18,20-21H,4-7H2,1-3H3/t12-,13-,17+,18+,20-,21-,22-,23-/m1/s1. The van der Waals surface area contributed by atoms with Gasteiger partial charge in [0.25, 0.3) is 0 Å². The van der Waals surface area contributed by atoms with Crippen LogP contribution in [-0.2, 0) is 19.2 Å². The number of benzene rings is 1. The molecule has 1 aliphatic carbocycles. The summed E-state index contributed by atoms with van der Waals surface area (Å²) in [6.45, 7) is 6.29. The van der Waals surface area contributed by atoms with Crippen LogP contribution in [0.3, 0.4) is 0 Å². The highest BCUT2D eigenvalue weighted by atomic mass is 19.1. The van der Waals surface area contributed by atoms with Crippen LogP contribution >= 0.6 is 0 Å². The minimum absolute atomic E-state index is 0.0368.